The van der Waals surface area contributed by atoms with Crippen LogP contribution in [0.5, 0.6) is 0 Å². The number of aromatic nitrogens is 1. The minimum Gasteiger partial charge on any atom is -0.350 e. The Bertz CT molecular complexity index is 966. The molecule has 0 spiro atoms. The van der Waals surface area contributed by atoms with E-state index in [0.717, 1.165) is 11.1 Å². The maximum Gasteiger partial charge on any atom is 0.256 e. The lowest BCUT2D eigenvalue weighted by atomic mass is 10.0. The van der Waals surface area contributed by atoms with Crippen molar-refractivity contribution < 1.29 is 14.4 Å². The van der Waals surface area contributed by atoms with E-state index in [0.29, 0.717) is 17.9 Å². The summed E-state index contributed by atoms with van der Waals surface area (Å²) in [6.07, 6.45) is 3.34. The molecule has 0 bridgehead atoms. The van der Waals surface area contributed by atoms with Crippen LogP contribution < -0.4 is 10.6 Å². The first-order valence-corrected chi connectivity index (χ1v) is 11.0. The number of fused-ring (bicyclic) bond motifs is 3. The van der Waals surface area contributed by atoms with E-state index in [2.05, 4.69) is 15.6 Å². The van der Waals surface area contributed by atoms with Crippen LogP contribution in [0.2, 0.25) is 0 Å². The zero-order chi connectivity index (χ0) is 21.3. The lowest BCUT2D eigenvalue weighted by molar-refractivity contribution is -0.132. The first kappa shape index (κ1) is 20.4. The highest BCUT2D eigenvalue weighted by molar-refractivity contribution is 7.99. The summed E-state index contributed by atoms with van der Waals surface area (Å²) in [6.45, 7) is 4.14. The molecule has 2 aromatic rings. The van der Waals surface area contributed by atoms with Crippen LogP contribution in [-0.2, 0) is 16.1 Å². The zero-order valence-corrected chi connectivity index (χ0v) is 17.7. The van der Waals surface area contributed by atoms with Gasteiger partial charge in [-0.1, -0.05) is 32.0 Å². The maximum absolute atomic E-state index is 13.1. The van der Waals surface area contributed by atoms with Gasteiger partial charge < -0.3 is 15.5 Å². The van der Waals surface area contributed by atoms with Crippen LogP contribution in [0.3, 0.4) is 0 Å². The van der Waals surface area contributed by atoms with Gasteiger partial charge in [0.05, 0.1) is 0 Å². The van der Waals surface area contributed by atoms with Crippen molar-refractivity contribution in [1.29, 1.82) is 0 Å². The van der Waals surface area contributed by atoms with Gasteiger partial charge in [-0.2, -0.15) is 0 Å². The van der Waals surface area contributed by atoms with Crippen molar-refractivity contribution in [3.05, 3.63) is 65.5 Å². The Morgan fingerprint density at radius 3 is 2.67 bits per heavy atom. The Kier molecular flexibility index (Phi) is 5.76. The molecule has 3 atom stereocenters. The summed E-state index contributed by atoms with van der Waals surface area (Å²) in [6, 6.07) is 9.87. The second-order valence-electron chi connectivity index (χ2n) is 7.80. The minimum atomic E-state index is -0.677. The van der Waals surface area contributed by atoms with Gasteiger partial charge in [0.1, 0.15) is 17.5 Å². The molecule has 156 valence electrons. The number of rotatable bonds is 6. The molecule has 4 rings (SSSR count). The fourth-order valence-electron chi connectivity index (χ4n) is 3.83. The van der Waals surface area contributed by atoms with Crippen LogP contribution in [0.1, 0.15) is 40.7 Å². The molecule has 3 amide bonds. The molecule has 2 N–H and O–H groups in total. The molecule has 1 fully saturated rings. The average molecular weight is 425 g/mol. The molecule has 1 saturated heterocycles. The third kappa shape index (κ3) is 3.79. The van der Waals surface area contributed by atoms with E-state index in [1.165, 1.54) is 0 Å². The monoisotopic (exact) mass is 424 g/mol. The van der Waals surface area contributed by atoms with Crippen molar-refractivity contribution in [3.8, 4) is 0 Å². The molecule has 2 aliphatic heterocycles. The number of carbonyl (C=O) groups excluding carboxylic acids is 3. The smallest absolute Gasteiger partial charge is 0.256 e. The van der Waals surface area contributed by atoms with Crippen molar-refractivity contribution in [2.45, 2.75) is 37.8 Å². The van der Waals surface area contributed by atoms with Crippen molar-refractivity contribution in [2.75, 3.05) is 5.75 Å². The lowest BCUT2D eigenvalue weighted by Gasteiger charge is -2.27. The van der Waals surface area contributed by atoms with Gasteiger partial charge >= 0.3 is 0 Å². The highest BCUT2D eigenvalue weighted by Gasteiger charge is 2.48. The second kappa shape index (κ2) is 8.47. The molecule has 0 radical (unpaired) electrons. The van der Waals surface area contributed by atoms with E-state index in [1.807, 2.05) is 44.2 Å². The first-order valence-electron chi connectivity index (χ1n) is 9.97. The summed E-state index contributed by atoms with van der Waals surface area (Å²) in [5.74, 6) is -0.232. The van der Waals surface area contributed by atoms with Gasteiger partial charge in [-0.05, 0) is 35.2 Å². The highest BCUT2D eigenvalue weighted by Crippen LogP contribution is 2.48. The third-order valence-corrected chi connectivity index (χ3v) is 6.76. The predicted molar refractivity (Wildman–Crippen MR) is 114 cm³/mol. The summed E-state index contributed by atoms with van der Waals surface area (Å²) in [5, 5.41) is 5.63. The molecule has 3 heterocycles. The van der Waals surface area contributed by atoms with Gasteiger partial charge in [0.2, 0.25) is 11.8 Å². The van der Waals surface area contributed by atoms with Crippen molar-refractivity contribution >= 4 is 29.5 Å². The summed E-state index contributed by atoms with van der Waals surface area (Å²) in [4.78, 5) is 44.3. The number of hydrogen-bond donors (Lipinski definition) is 2. The number of hydrogen-bond acceptors (Lipinski definition) is 5. The number of pyridine rings is 1. The number of carbonyl (C=O) groups is 3. The average Bonchev–Trinajstić information content (AvgIpc) is 3.31. The van der Waals surface area contributed by atoms with Crippen LogP contribution in [-0.4, -0.2) is 45.4 Å². The Balaban J connectivity index is 1.43. The molecule has 1 aromatic carbocycles. The van der Waals surface area contributed by atoms with Gasteiger partial charge in [-0.25, -0.2) is 0 Å². The zero-order valence-electron chi connectivity index (χ0n) is 16.9. The number of benzene rings is 1. The predicted octanol–water partition coefficient (Wildman–Crippen LogP) is 2.11. The normalized spacial score (nSPS) is 20.6. The maximum atomic E-state index is 13.1. The van der Waals surface area contributed by atoms with Gasteiger partial charge in [-0.3, -0.25) is 19.4 Å². The van der Waals surface area contributed by atoms with Crippen LogP contribution in [0.4, 0.5) is 0 Å². The topological polar surface area (TPSA) is 91.4 Å². The van der Waals surface area contributed by atoms with E-state index in [1.54, 1.807) is 35.1 Å². The SMILES string of the molecule is CC(C)[C@H](NC(=O)[C@@H]1CS[C@@H]2c3ccccc3C(=O)N21)C(=O)NCc1ccncc1. The highest BCUT2D eigenvalue weighted by atomic mass is 32.2. The molecule has 8 heteroatoms. The fraction of sp³-hybridized carbons (Fsp3) is 0.364. The Labute approximate surface area is 179 Å². The number of nitrogens with one attached hydrogen (secondary N) is 2. The fourth-order valence-corrected chi connectivity index (χ4v) is 5.29. The number of nitrogens with zero attached hydrogens (tertiary/aromatic N) is 2. The molecule has 2 aliphatic rings. The van der Waals surface area contributed by atoms with Crippen LogP contribution in [0.15, 0.2) is 48.8 Å². The second-order valence-corrected chi connectivity index (χ2v) is 8.92. The third-order valence-electron chi connectivity index (χ3n) is 5.46. The summed E-state index contributed by atoms with van der Waals surface area (Å²) in [7, 11) is 0. The van der Waals surface area contributed by atoms with E-state index < -0.39 is 12.1 Å². The van der Waals surface area contributed by atoms with Gasteiger partial charge in [-0.15, -0.1) is 11.8 Å². The summed E-state index contributed by atoms with van der Waals surface area (Å²) < 4.78 is 0. The Morgan fingerprint density at radius 1 is 1.20 bits per heavy atom. The summed E-state index contributed by atoms with van der Waals surface area (Å²) >= 11 is 1.59. The summed E-state index contributed by atoms with van der Waals surface area (Å²) in [5.41, 5.74) is 2.55. The number of amides is 3. The van der Waals surface area contributed by atoms with Gasteiger partial charge in [0.15, 0.2) is 0 Å². The Hall–Kier alpha value is -2.87. The first-order chi connectivity index (χ1) is 14.5. The molecular weight excluding hydrogens is 400 g/mol. The minimum absolute atomic E-state index is 0.0947. The van der Waals surface area contributed by atoms with Crippen molar-refractivity contribution in [1.82, 2.24) is 20.5 Å². The van der Waals surface area contributed by atoms with Crippen LogP contribution >= 0.6 is 11.8 Å². The molecule has 30 heavy (non-hydrogen) atoms. The van der Waals surface area contributed by atoms with E-state index in [9.17, 15) is 14.4 Å². The van der Waals surface area contributed by atoms with Crippen molar-refractivity contribution in [3.63, 3.8) is 0 Å². The molecule has 0 aliphatic carbocycles. The molecular formula is C22H24N4O3S. The largest absolute Gasteiger partial charge is 0.350 e. The van der Waals surface area contributed by atoms with E-state index >= 15 is 0 Å². The molecule has 7 nitrogen and oxygen atoms in total. The molecule has 0 saturated carbocycles. The van der Waals surface area contributed by atoms with Crippen LogP contribution in [0.25, 0.3) is 0 Å². The van der Waals surface area contributed by atoms with Crippen LogP contribution in [0, 0.1) is 5.92 Å². The number of thioether (sulfide) groups is 1. The van der Waals surface area contributed by atoms with E-state index in [-0.39, 0.29) is 29.0 Å². The standard InChI is InChI=1S/C22H24N4O3S/c1-13(2)18(20(28)24-11-14-7-9-23-10-8-14)25-19(27)17-12-30-22-16-6-4-3-5-15(16)21(29)26(17)22/h3-10,13,17-18,22H,11-12H2,1-2H3,(H,24,28)(H,25,27)/t17-,18-,22+/m0/s1. The van der Waals surface area contributed by atoms with Gasteiger partial charge in [0.25, 0.3) is 5.91 Å². The lowest BCUT2D eigenvalue weighted by Crippen LogP contribution is -2.55. The quantitative estimate of drug-likeness (QED) is 0.741. The van der Waals surface area contributed by atoms with E-state index in [4.69, 9.17) is 0 Å². The Morgan fingerprint density at radius 2 is 1.93 bits per heavy atom. The molecule has 0 unspecified atom stereocenters. The van der Waals surface area contributed by atoms with Gasteiger partial charge in [0, 0.05) is 30.3 Å². The van der Waals surface area contributed by atoms with Crippen molar-refractivity contribution in [2.24, 2.45) is 5.92 Å². The molecule has 1 aromatic heterocycles.